The molecule has 0 radical (unpaired) electrons. The number of carbonyl (C=O) groups excluding carboxylic acids is 1. The fourth-order valence-electron chi connectivity index (χ4n) is 6.87. The van der Waals surface area contributed by atoms with E-state index in [0.29, 0.717) is 45.7 Å². The smallest absolute Gasteiger partial charge is 0.136 e. The van der Waals surface area contributed by atoms with Crippen molar-refractivity contribution in [2.45, 2.75) is 77.0 Å². The molecule has 0 spiro atoms. The van der Waals surface area contributed by atoms with Gasteiger partial charge in [-0.25, -0.2) is 0 Å². The van der Waals surface area contributed by atoms with Crippen molar-refractivity contribution >= 4 is 17.4 Å². The fraction of sp³-hybridized carbons (Fsp3) is 0.947. The lowest BCUT2D eigenvalue weighted by Gasteiger charge is -2.59. The molecular formula is C19H29ClO. The van der Waals surface area contributed by atoms with Crippen LogP contribution in [0.3, 0.4) is 0 Å². The average molecular weight is 309 g/mol. The number of carbonyl (C=O) groups is 1. The zero-order chi connectivity index (χ0) is 14.8. The van der Waals surface area contributed by atoms with Crippen molar-refractivity contribution in [1.29, 1.82) is 0 Å². The van der Waals surface area contributed by atoms with Crippen molar-refractivity contribution in [3.8, 4) is 0 Å². The van der Waals surface area contributed by atoms with Gasteiger partial charge < -0.3 is 0 Å². The number of rotatable bonds is 0. The van der Waals surface area contributed by atoms with Gasteiger partial charge in [-0.15, -0.1) is 11.6 Å². The molecule has 0 aromatic rings. The Bertz CT molecular complexity index is 460. The van der Waals surface area contributed by atoms with E-state index in [1.54, 1.807) is 0 Å². The Kier molecular flexibility index (Phi) is 3.27. The molecular weight excluding hydrogens is 280 g/mol. The fourth-order valence-corrected chi connectivity index (χ4v) is 7.19. The van der Waals surface area contributed by atoms with Crippen LogP contribution in [-0.2, 0) is 4.79 Å². The molecule has 4 aliphatic rings. The number of hydrogen-bond donors (Lipinski definition) is 0. The first-order valence-electron chi connectivity index (χ1n) is 9.11. The number of ketones is 1. The van der Waals surface area contributed by atoms with Gasteiger partial charge in [-0.2, -0.15) is 0 Å². The van der Waals surface area contributed by atoms with Gasteiger partial charge in [-0.1, -0.05) is 20.3 Å². The molecule has 0 aromatic carbocycles. The summed E-state index contributed by atoms with van der Waals surface area (Å²) >= 11 is 6.42. The van der Waals surface area contributed by atoms with E-state index < -0.39 is 0 Å². The lowest BCUT2D eigenvalue weighted by molar-refractivity contribution is -0.153. The van der Waals surface area contributed by atoms with E-state index in [-0.39, 0.29) is 0 Å². The summed E-state index contributed by atoms with van der Waals surface area (Å²) in [5.74, 6) is 2.90. The van der Waals surface area contributed by atoms with E-state index >= 15 is 0 Å². The van der Waals surface area contributed by atoms with Crippen molar-refractivity contribution in [2.75, 3.05) is 0 Å². The van der Waals surface area contributed by atoms with Crippen LogP contribution < -0.4 is 0 Å². The van der Waals surface area contributed by atoms with E-state index in [2.05, 4.69) is 13.8 Å². The third-order valence-electron chi connectivity index (χ3n) is 8.19. The van der Waals surface area contributed by atoms with Gasteiger partial charge in [0.1, 0.15) is 5.78 Å². The Morgan fingerprint density at radius 3 is 2.67 bits per heavy atom. The van der Waals surface area contributed by atoms with Crippen LogP contribution in [-0.4, -0.2) is 11.2 Å². The van der Waals surface area contributed by atoms with Gasteiger partial charge >= 0.3 is 0 Å². The second-order valence-electron chi connectivity index (χ2n) is 9.07. The summed E-state index contributed by atoms with van der Waals surface area (Å²) in [4.78, 5) is 13.0. The van der Waals surface area contributed by atoms with Gasteiger partial charge in [-0.05, 0) is 73.5 Å². The van der Waals surface area contributed by atoms with Crippen LogP contribution in [0, 0.1) is 34.5 Å². The number of halogens is 1. The Labute approximate surface area is 134 Å². The summed E-state index contributed by atoms with van der Waals surface area (Å²) in [6.45, 7) is 4.97. The predicted molar refractivity (Wildman–Crippen MR) is 86.4 cm³/mol. The molecule has 4 fully saturated rings. The summed E-state index contributed by atoms with van der Waals surface area (Å²) in [5.41, 5.74) is 0.873. The van der Waals surface area contributed by atoms with Crippen LogP contribution in [0.4, 0.5) is 0 Å². The summed E-state index contributed by atoms with van der Waals surface area (Å²) in [6.07, 6.45) is 11.0. The zero-order valence-electron chi connectivity index (χ0n) is 13.5. The average Bonchev–Trinajstić information content (AvgIpc) is 2.82. The summed E-state index contributed by atoms with van der Waals surface area (Å²) < 4.78 is 0. The van der Waals surface area contributed by atoms with Crippen LogP contribution in [0.25, 0.3) is 0 Å². The monoisotopic (exact) mass is 308 g/mol. The molecule has 2 heteroatoms. The third kappa shape index (κ3) is 1.98. The van der Waals surface area contributed by atoms with E-state index in [4.69, 9.17) is 11.6 Å². The molecule has 0 bridgehead atoms. The van der Waals surface area contributed by atoms with Crippen LogP contribution in [0.5, 0.6) is 0 Å². The van der Waals surface area contributed by atoms with Crippen molar-refractivity contribution in [3.05, 3.63) is 0 Å². The third-order valence-corrected chi connectivity index (χ3v) is 8.58. The van der Waals surface area contributed by atoms with Gasteiger partial charge in [0.15, 0.2) is 0 Å². The molecule has 0 heterocycles. The Morgan fingerprint density at radius 1 is 1.05 bits per heavy atom. The molecule has 0 aromatic heterocycles. The first-order valence-corrected chi connectivity index (χ1v) is 9.54. The van der Waals surface area contributed by atoms with Crippen molar-refractivity contribution in [1.82, 2.24) is 0 Å². The van der Waals surface area contributed by atoms with Gasteiger partial charge in [-0.3, -0.25) is 4.79 Å². The van der Waals surface area contributed by atoms with Crippen LogP contribution >= 0.6 is 11.6 Å². The zero-order valence-corrected chi connectivity index (χ0v) is 14.3. The van der Waals surface area contributed by atoms with Gasteiger partial charge in [0.25, 0.3) is 0 Å². The summed E-state index contributed by atoms with van der Waals surface area (Å²) in [7, 11) is 0. The summed E-state index contributed by atoms with van der Waals surface area (Å²) in [5, 5.41) is 0.313. The molecule has 118 valence electrons. The number of hydrogen-bond acceptors (Lipinski definition) is 1. The Morgan fingerprint density at radius 2 is 1.86 bits per heavy atom. The van der Waals surface area contributed by atoms with E-state index in [1.807, 2.05) is 0 Å². The maximum absolute atomic E-state index is 13.0. The first kappa shape index (κ1) is 14.5. The van der Waals surface area contributed by atoms with Gasteiger partial charge in [0.2, 0.25) is 0 Å². The molecule has 0 amide bonds. The maximum atomic E-state index is 13.0. The minimum Gasteiger partial charge on any atom is -0.299 e. The standard InChI is InChI=1S/C19H29ClO/c1-18-7-3-4-14(18)17-15(6-8-18)19(2)9-5-13(20)10-12(19)11-16(17)21/h12-15,17H,3-11H2,1-2H3/t12-,13-,14-,15-,17+,18-,19-/m1/s1. The Hall–Kier alpha value is -0.0400. The highest BCUT2D eigenvalue weighted by molar-refractivity contribution is 6.20. The van der Waals surface area contributed by atoms with Crippen LogP contribution in [0.1, 0.15) is 71.6 Å². The molecule has 1 nitrogen and oxygen atoms in total. The summed E-state index contributed by atoms with van der Waals surface area (Å²) in [6, 6.07) is 0. The first-order chi connectivity index (χ1) is 9.94. The minimum absolute atomic E-state index is 0.313. The highest BCUT2D eigenvalue weighted by atomic mass is 35.5. The topological polar surface area (TPSA) is 17.1 Å². The maximum Gasteiger partial charge on any atom is 0.136 e. The highest BCUT2D eigenvalue weighted by Gasteiger charge is 2.60. The molecule has 4 rings (SSSR count). The number of Topliss-reactive ketones (excluding diaryl/α,β-unsaturated/α-hetero) is 1. The number of alkyl halides is 1. The van der Waals surface area contributed by atoms with E-state index in [1.165, 1.54) is 38.5 Å². The second kappa shape index (κ2) is 4.73. The lowest BCUT2D eigenvalue weighted by Crippen LogP contribution is -2.56. The molecule has 21 heavy (non-hydrogen) atoms. The van der Waals surface area contributed by atoms with Crippen molar-refractivity contribution in [3.63, 3.8) is 0 Å². The lowest BCUT2D eigenvalue weighted by atomic mass is 9.45. The highest BCUT2D eigenvalue weighted by Crippen LogP contribution is 2.65. The molecule has 4 saturated carbocycles. The quantitative estimate of drug-likeness (QED) is 0.562. The second-order valence-corrected chi connectivity index (χ2v) is 9.69. The van der Waals surface area contributed by atoms with Crippen molar-refractivity contribution < 1.29 is 4.79 Å². The Balaban J connectivity index is 1.69. The van der Waals surface area contributed by atoms with E-state index in [9.17, 15) is 4.79 Å². The molecule has 0 unspecified atom stereocenters. The normalized spacial score (nSPS) is 56.5. The van der Waals surface area contributed by atoms with E-state index in [0.717, 1.165) is 19.3 Å². The number of fused-ring (bicyclic) bond motifs is 5. The largest absolute Gasteiger partial charge is 0.299 e. The van der Waals surface area contributed by atoms with Crippen LogP contribution in [0.2, 0.25) is 0 Å². The SMILES string of the molecule is C[C@]12CCC[C@@H]1[C@@H]1C(=O)C[C@H]3C[C@H](Cl)CC[C@@]3(C)[C@@H]1CC2. The van der Waals surface area contributed by atoms with Gasteiger partial charge in [0, 0.05) is 17.7 Å². The molecule has 4 aliphatic carbocycles. The molecule has 0 N–H and O–H groups in total. The molecule has 7 atom stereocenters. The predicted octanol–water partition coefficient (Wildman–Crippen LogP) is 5.21. The van der Waals surface area contributed by atoms with Crippen molar-refractivity contribution in [2.24, 2.45) is 34.5 Å². The molecule has 0 saturated heterocycles. The molecule has 0 aliphatic heterocycles. The minimum atomic E-state index is 0.313. The van der Waals surface area contributed by atoms with Crippen LogP contribution in [0.15, 0.2) is 0 Å². The van der Waals surface area contributed by atoms with Gasteiger partial charge in [0.05, 0.1) is 0 Å².